The van der Waals surface area contributed by atoms with Crippen LogP contribution >= 0.6 is 22.9 Å². The van der Waals surface area contributed by atoms with Crippen molar-refractivity contribution in [2.45, 2.75) is 25.8 Å². The molecule has 0 aromatic carbocycles. The molecule has 0 saturated carbocycles. The average molecular weight is 230 g/mol. The number of nitrogens with zero attached hydrogens (tertiary/aromatic N) is 1. The van der Waals surface area contributed by atoms with Gasteiger partial charge in [0.1, 0.15) is 0 Å². The van der Waals surface area contributed by atoms with Gasteiger partial charge >= 0.3 is 0 Å². The lowest BCUT2D eigenvalue weighted by molar-refractivity contribution is 0.285. The summed E-state index contributed by atoms with van der Waals surface area (Å²) in [4.78, 5) is 2.44. The van der Waals surface area contributed by atoms with E-state index in [1.165, 1.54) is 5.56 Å². The molecule has 3 heteroatoms. The first-order chi connectivity index (χ1) is 6.58. The maximum atomic E-state index is 6.30. The van der Waals surface area contributed by atoms with Gasteiger partial charge in [0.05, 0.1) is 5.38 Å². The maximum Gasteiger partial charge on any atom is 0.0526 e. The van der Waals surface area contributed by atoms with Crippen molar-refractivity contribution in [2.24, 2.45) is 5.41 Å². The van der Waals surface area contributed by atoms with E-state index in [9.17, 15) is 0 Å². The quantitative estimate of drug-likeness (QED) is 0.704. The number of halogens is 1. The molecule has 1 aliphatic rings. The van der Waals surface area contributed by atoms with Crippen LogP contribution in [0.1, 0.15) is 19.4 Å². The van der Waals surface area contributed by atoms with Crippen molar-refractivity contribution in [3.05, 3.63) is 22.4 Å². The lowest BCUT2D eigenvalue weighted by Gasteiger charge is -2.20. The van der Waals surface area contributed by atoms with E-state index in [4.69, 9.17) is 11.6 Å². The van der Waals surface area contributed by atoms with Gasteiger partial charge < -0.3 is 0 Å². The van der Waals surface area contributed by atoms with Crippen LogP contribution in [0.3, 0.4) is 0 Å². The molecule has 2 rings (SSSR count). The van der Waals surface area contributed by atoms with Crippen LogP contribution in [0.5, 0.6) is 0 Å². The molecule has 0 spiro atoms. The maximum absolute atomic E-state index is 6.30. The third-order valence-electron chi connectivity index (χ3n) is 2.88. The minimum absolute atomic E-state index is 0.261. The highest BCUT2D eigenvalue weighted by Gasteiger charge is 2.37. The van der Waals surface area contributed by atoms with E-state index in [1.807, 2.05) is 0 Å². The summed E-state index contributed by atoms with van der Waals surface area (Å²) in [6.07, 6.45) is 0. The Hall–Kier alpha value is -0.0500. The zero-order chi connectivity index (χ0) is 10.2. The van der Waals surface area contributed by atoms with Crippen LogP contribution in [0, 0.1) is 5.41 Å². The van der Waals surface area contributed by atoms with Crippen LogP contribution < -0.4 is 0 Å². The Kier molecular flexibility index (Phi) is 2.87. The second kappa shape index (κ2) is 3.84. The normalized spacial score (nSPS) is 26.9. The predicted molar refractivity (Wildman–Crippen MR) is 63.0 cm³/mol. The first kappa shape index (κ1) is 10.5. The van der Waals surface area contributed by atoms with Gasteiger partial charge in [-0.05, 0) is 27.8 Å². The van der Waals surface area contributed by atoms with Crippen LogP contribution in [-0.2, 0) is 6.54 Å². The first-order valence-corrected chi connectivity index (χ1v) is 6.33. The minimum atomic E-state index is 0.261. The summed E-state index contributed by atoms with van der Waals surface area (Å²) in [6, 6.07) is 2.19. The summed E-state index contributed by atoms with van der Waals surface area (Å²) in [5.41, 5.74) is 1.67. The van der Waals surface area contributed by atoms with Crippen molar-refractivity contribution in [1.29, 1.82) is 0 Å². The standard InChI is InChI=1S/C11H16ClNS/c1-11(2)8-13(6-10(11)12)5-9-3-4-14-7-9/h3-4,7,10H,5-6,8H2,1-2H3. The molecule has 78 valence electrons. The smallest absolute Gasteiger partial charge is 0.0526 e. The van der Waals surface area contributed by atoms with Crippen molar-refractivity contribution in [3.8, 4) is 0 Å². The van der Waals surface area contributed by atoms with Crippen LogP contribution in [-0.4, -0.2) is 23.4 Å². The van der Waals surface area contributed by atoms with Crippen molar-refractivity contribution in [1.82, 2.24) is 4.90 Å². The molecule has 0 aliphatic carbocycles. The first-order valence-electron chi connectivity index (χ1n) is 4.95. The third-order valence-corrected chi connectivity index (χ3v) is 4.34. The van der Waals surface area contributed by atoms with Gasteiger partial charge in [0, 0.05) is 19.6 Å². The molecule has 1 aliphatic heterocycles. The van der Waals surface area contributed by atoms with Gasteiger partial charge in [-0.2, -0.15) is 11.3 Å². The number of hydrogen-bond acceptors (Lipinski definition) is 2. The Morgan fingerprint density at radius 3 is 2.93 bits per heavy atom. The Morgan fingerprint density at radius 2 is 2.43 bits per heavy atom. The fraction of sp³-hybridized carbons (Fsp3) is 0.636. The molecule has 1 nitrogen and oxygen atoms in total. The number of thiophene rings is 1. The molecule has 2 heterocycles. The molecule has 1 aromatic rings. The Balaban J connectivity index is 1.96. The molecular formula is C11H16ClNS. The minimum Gasteiger partial charge on any atom is -0.297 e. The SMILES string of the molecule is CC1(C)CN(Cc2ccsc2)CC1Cl. The number of rotatable bonds is 2. The van der Waals surface area contributed by atoms with Crippen molar-refractivity contribution in [3.63, 3.8) is 0 Å². The lowest BCUT2D eigenvalue weighted by Crippen LogP contribution is -2.23. The van der Waals surface area contributed by atoms with Gasteiger partial charge in [-0.1, -0.05) is 13.8 Å². The van der Waals surface area contributed by atoms with Crippen molar-refractivity contribution < 1.29 is 0 Å². The van der Waals surface area contributed by atoms with E-state index in [1.54, 1.807) is 11.3 Å². The average Bonchev–Trinajstić information content (AvgIpc) is 2.62. The predicted octanol–water partition coefficient (Wildman–Crippen LogP) is 3.20. The van der Waals surface area contributed by atoms with Gasteiger partial charge in [-0.3, -0.25) is 4.90 Å². The van der Waals surface area contributed by atoms with Gasteiger partial charge in [0.15, 0.2) is 0 Å². The summed E-state index contributed by atoms with van der Waals surface area (Å²) >= 11 is 8.06. The van der Waals surface area contributed by atoms with E-state index < -0.39 is 0 Å². The monoisotopic (exact) mass is 229 g/mol. The second-order valence-electron chi connectivity index (χ2n) is 4.76. The molecule has 1 unspecified atom stereocenters. The lowest BCUT2D eigenvalue weighted by atomic mass is 9.92. The van der Waals surface area contributed by atoms with Crippen molar-refractivity contribution in [2.75, 3.05) is 13.1 Å². The Labute approximate surface area is 94.7 Å². The third kappa shape index (κ3) is 2.13. The molecular weight excluding hydrogens is 214 g/mol. The van der Waals surface area contributed by atoms with Gasteiger partial charge in [0.2, 0.25) is 0 Å². The van der Waals surface area contributed by atoms with Crippen LogP contribution in [0.25, 0.3) is 0 Å². The molecule has 0 bridgehead atoms. The molecule has 1 aromatic heterocycles. The fourth-order valence-corrected chi connectivity index (χ4v) is 2.90. The van der Waals surface area contributed by atoms with Crippen LogP contribution in [0.4, 0.5) is 0 Å². The van der Waals surface area contributed by atoms with E-state index in [-0.39, 0.29) is 5.41 Å². The molecule has 1 saturated heterocycles. The molecule has 1 fully saturated rings. The van der Waals surface area contributed by atoms with Crippen LogP contribution in [0.2, 0.25) is 0 Å². The largest absolute Gasteiger partial charge is 0.297 e. The van der Waals surface area contributed by atoms with Crippen molar-refractivity contribution >= 4 is 22.9 Å². The highest BCUT2D eigenvalue weighted by atomic mass is 35.5. The van der Waals surface area contributed by atoms with E-state index in [0.717, 1.165) is 19.6 Å². The number of likely N-dealkylation sites (tertiary alicyclic amines) is 1. The molecule has 0 N–H and O–H groups in total. The highest BCUT2D eigenvalue weighted by molar-refractivity contribution is 7.07. The zero-order valence-electron chi connectivity index (χ0n) is 8.66. The second-order valence-corrected chi connectivity index (χ2v) is 6.06. The van der Waals surface area contributed by atoms with Gasteiger partial charge in [-0.15, -0.1) is 11.6 Å². The molecule has 1 atom stereocenters. The van der Waals surface area contributed by atoms with Gasteiger partial charge in [0.25, 0.3) is 0 Å². The summed E-state index contributed by atoms with van der Waals surface area (Å²) < 4.78 is 0. The zero-order valence-corrected chi connectivity index (χ0v) is 10.2. The number of alkyl halides is 1. The molecule has 14 heavy (non-hydrogen) atoms. The summed E-state index contributed by atoms with van der Waals surface area (Å²) in [6.45, 7) is 7.67. The summed E-state index contributed by atoms with van der Waals surface area (Å²) in [7, 11) is 0. The number of hydrogen-bond donors (Lipinski definition) is 0. The molecule has 0 amide bonds. The van der Waals surface area contributed by atoms with E-state index >= 15 is 0 Å². The summed E-state index contributed by atoms with van der Waals surface area (Å²) in [5, 5.41) is 4.64. The van der Waals surface area contributed by atoms with Crippen LogP contribution in [0.15, 0.2) is 16.8 Å². The summed E-state index contributed by atoms with van der Waals surface area (Å²) in [5.74, 6) is 0. The van der Waals surface area contributed by atoms with E-state index in [2.05, 4.69) is 35.6 Å². The molecule has 0 radical (unpaired) electrons. The highest BCUT2D eigenvalue weighted by Crippen LogP contribution is 2.34. The Morgan fingerprint density at radius 1 is 1.64 bits per heavy atom. The Bertz CT molecular complexity index is 294. The van der Waals surface area contributed by atoms with E-state index in [0.29, 0.717) is 5.38 Å². The van der Waals surface area contributed by atoms with Gasteiger partial charge in [-0.25, -0.2) is 0 Å². The fourth-order valence-electron chi connectivity index (χ4n) is 1.97. The topological polar surface area (TPSA) is 3.24 Å².